The largest absolute Gasteiger partial charge is 0.492 e. The van der Waals surface area contributed by atoms with Gasteiger partial charge < -0.3 is 14.1 Å². The van der Waals surface area contributed by atoms with E-state index in [4.69, 9.17) is 25.8 Å². The molecule has 3 aliphatic rings. The molecule has 3 unspecified atom stereocenters. The monoisotopic (exact) mass is 802 g/mol. The molecular weight excluding hydrogens is 745 g/mol. The predicted molar refractivity (Wildman–Crippen MR) is 240 cm³/mol. The number of fused-ring (bicyclic) bond motifs is 4. The lowest BCUT2D eigenvalue weighted by Crippen LogP contribution is -2.31. The summed E-state index contributed by atoms with van der Waals surface area (Å²) in [6.45, 7) is 8.08. The van der Waals surface area contributed by atoms with E-state index in [0.717, 1.165) is 48.2 Å². The van der Waals surface area contributed by atoms with Gasteiger partial charge in [0.25, 0.3) is 0 Å². The van der Waals surface area contributed by atoms with Crippen molar-refractivity contribution in [2.45, 2.75) is 72.1 Å². The first-order valence-corrected chi connectivity index (χ1v) is 23.6. The van der Waals surface area contributed by atoms with Gasteiger partial charge in [0, 0.05) is 41.6 Å². The van der Waals surface area contributed by atoms with Gasteiger partial charge in [-0.05, 0) is 79.7 Å². The third-order valence-electron chi connectivity index (χ3n) is 10.6. The fourth-order valence-corrected chi connectivity index (χ4v) is 9.46. The smallest absolute Gasteiger partial charge is 0.249 e. The molecule has 0 saturated carbocycles. The van der Waals surface area contributed by atoms with Gasteiger partial charge in [0.1, 0.15) is 29.5 Å². The van der Waals surface area contributed by atoms with Crippen molar-refractivity contribution in [3.63, 3.8) is 0 Å². The molecule has 306 valence electrons. The van der Waals surface area contributed by atoms with Gasteiger partial charge in [-0.1, -0.05) is 83.1 Å². The second-order valence-electron chi connectivity index (χ2n) is 15.9. The van der Waals surface area contributed by atoms with Gasteiger partial charge in [-0.15, -0.1) is 6.42 Å². The van der Waals surface area contributed by atoms with Crippen molar-refractivity contribution in [1.29, 1.82) is 5.26 Å². The number of rotatable bonds is 17. The highest BCUT2D eigenvalue weighted by Gasteiger charge is 2.48. The molecule has 2 aliphatic heterocycles. The van der Waals surface area contributed by atoms with E-state index in [0.29, 0.717) is 65.8 Å². The Kier molecular flexibility index (Phi) is 15.4. The van der Waals surface area contributed by atoms with Crippen LogP contribution in [0.5, 0.6) is 5.75 Å². The SMILES string of the molecule is C#CC1C(=O)N(c2ccc(OCCN(CCCCCCC)c3ccc4nc5c6ccccc6c(=O)cc-5oc4c3)cc2)C(=O)C1CC(CC)CS(C)(C)C.CCC#N. The molecule has 3 atom stereocenters. The molecule has 9 nitrogen and oxygen atoms in total. The Labute approximate surface area is 345 Å². The minimum Gasteiger partial charge on any atom is -0.492 e. The van der Waals surface area contributed by atoms with Gasteiger partial charge >= 0.3 is 0 Å². The van der Waals surface area contributed by atoms with Crippen molar-refractivity contribution in [3.05, 3.63) is 83.0 Å². The van der Waals surface area contributed by atoms with E-state index in [1.807, 2.05) is 49.4 Å². The number of ether oxygens (including phenoxy) is 1. The lowest BCUT2D eigenvalue weighted by Gasteiger charge is -2.31. The Morgan fingerprint density at radius 3 is 2.28 bits per heavy atom. The number of aromatic nitrogens is 1. The summed E-state index contributed by atoms with van der Waals surface area (Å²) in [5, 5.41) is 9.04. The number of nitrogens with zero attached hydrogens (tertiary/aromatic N) is 4. The minimum absolute atomic E-state index is 0.0879. The Morgan fingerprint density at radius 1 is 0.914 bits per heavy atom. The molecular formula is C48H58N4O5S. The third-order valence-corrected chi connectivity index (χ3v) is 12.1. The second kappa shape index (κ2) is 20.4. The highest BCUT2D eigenvalue weighted by Crippen LogP contribution is 2.42. The van der Waals surface area contributed by atoms with Crippen LogP contribution < -0.4 is 20.0 Å². The highest BCUT2D eigenvalue weighted by molar-refractivity contribution is 8.32. The molecule has 1 fully saturated rings. The molecule has 3 aromatic carbocycles. The third kappa shape index (κ3) is 10.8. The van der Waals surface area contributed by atoms with E-state index in [1.165, 1.54) is 30.2 Å². The van der Waals surface area contributed by atoms with E-state index in [9.17, 15) is 14.4 Å². The number of imide groups is 1. The fourth-order valence-electron chi connectivity index (χ4n) is 7.68. The van der Waals surface area contributed by atoms with Crippen LogP contribution in [0.1, 0.15) is 72.1 Å². The molecule has 0 radical (unpaired) electrons. The van der Waals surface area contributed by atoms with Crippen LogP contribution in [0.15, 0.2) is 82.0 Å². The number of hydrogen-bond donors (Lipinski definition) is 0. The molecule has 0 aromatic heterocycles. The maximum Gasteiger partial charge on any atom is 0.249 e. The van der Waals surface area contributed by atoms with E-state index >= 15 is 0 Å². The van der Waals surface area contributed by atoms with Gasteiger partial charge in [-0.25, -0.2) is 19.9 Å². The number of terminal acetylenes is 1. The summed E-state index contributed by atoms with van der Waals surface area (Å²) in [6, 6.07) is 24.1. The van der Waals surface area contributed by atoms with Crippen molar-refractivity contribution in [2.75, 3.05) is 54.0 Å². The standard InChI is InChI=1S/C45H53N3O5S.C3H5N/c1-7-10-11-12-15-24-47(33-20-23-39-41(28-33)53-42-29-40(49)36-16-13-14-17-37(36)43(42)46-39)25-26-52-34-21-18-32(19-22-34)48-44(50)35(9-3)38(45(48)51)27-31(8-2)30-54(4,5)6;1-2-3-4/h3,13-14,16-23,28-29,31,35,38H,7-8,10-12,15,24-27,30H2,1-2,4-6H3;2H2,1H3. The number of hydrogen-bond acceptors (Lipinski definition) is 8. The number of carbonyl (C=O) groups is 2. The number of carbonyl (C=O) groups excluding carboxylic acids is 2. The Hall–Kier alpha value is -5.32. The van der Waals surface area contributed by atoms with Crippen molar-refractivity contribution < 1.29 is 18.7 Å². The highest BCUT2D eigenvalue weighted by atomic mass is 32.3. The molecule has 10 heteroatoms. The Balaban J connectivity index is 0.00000153. The van der Waals surface area contributed by atoms with Crippen molar-refractivity contribution in [3.8, 4) is 35.6 Å². The Bertz CT molecular complexity index is 2280. The van der Waals surface area contributed by atoms with Crippen LogP contribution in [0.3, 0.4) is 0 Å². The van der Waals surface area contributed by atoms with E-state index in [-0.39, 0.29) is 17.2 Å². The van der Waals surface area contributed by atoms with Crippen LogP contribution in [0.4, 0.5) is 11.4 Å². The van der Waals surface area contributed by atoms with Crippen LogP contribution in [-0.2, 0) is 9.59 Å². The molecule has 2 heterocycles. The first-order chi connectivity index (χ1) is 27.9. The molecule has 6 rings (SSSR count). The summed E-state index contributed by atoms with van der Waals surface area (Å²) in [5.41, 5.74) is 3.43. The van der Waals surface area contributed by atoms with E-state index in [2.05, 4.69) is 49.5 Å². The van der Waals surface area contributed by atoms with Gasteiger partial charge in [0.15, 0.2) is 16.8 Å². The van der Waals surface area contributed by atoms with Crippen LogP contribution in [0.2, 0.25) is 0 Å². The molecule has 3 aromatic rings. The quantitative estimate of drug-likeness (QED) is 0.0300. The number of amides is 2. The molecule has 0 bridgehead atoms. The summed E-state index contributed by atoms with van der Waals surface area (Å²) in [6.07, 6.45) is 20.7. The van der Waals surface area contributed by atoms with Crippen LogP contribution in [-0.4, -0.2) is 61.0 Å². The summed E-state index contributed by atoms with van der Waals surface area (Å²) >= 11 is 0. The number of benzene rings is 4. The number of anilines is 2. The molecule has 1 aliphatic carbocycles. The zero-order valence-electron chi connectivity index (χ0n) is 35.0. The lowest BCUT2D eigenvalue weighted by molar-refractivity contribution is -0.122. The Morgan fingerprint density at radius 2 is 1.62 bits per heavy atom. The fraction of sp³-hybridized carbons (Fsp3) is 0.438. The summed E-state index contributed by atoms with van der Waals surface area (Å²) in [7, 11) is -0.759. The number of unbranched alkanes of at least 4 members (excludes halogenated alkanes) is 4. The topological polar surface area (TPSA) is 117 Å². The molecule has 2 amide bonds. The van der Waals surface area contributed by atoms with E-state index in [1.54, 1.807) is 24.3 Å². The molecule has 0 N–H and O–H groups in total. The van der Waals surface area contributed by atoms with Crippen LogP contribution in [0, 0.1) is 41.4 Å². The van der Waals surface area contributed by atoms with Crippen molar-refractivity contribution in [2.24, 2.45) is 17.8 Å². The van der Waals surface area contributed by atoms with E-state index < -0.39 is 21.9 Å². The summed E-state index contributed by atoms with van der Waals surface area (Å²) < 4.78 is 12.5. The first kappa shape index (κ1) is 43.8. The number of nitriles is 1. The maximum atomic E-state index is 13.7. The summed E-state index contributed by atoms with van der Waals surface area (Å²) in [4.78, 5) is 48.4. The average Bonchev–Trinajstić information content (AvgIpc) is 3.45. The zero-order chi connectivity index (χ0) is 41.8. The molecule has 1 saturated heterocycles. The van der Waals surface area contributed by atoms with Gasteiger partial charge in [-0.3, -0.25) is 14.4 Å². The predicted octanol–water partition coefficient (Wildman–Crippen LogP) is 10.1. The van der Waals surface area contributed by atoms with Crippen molar-refractivity contribution in [1.82, 2.24) is 4.98 Å². The summed E-state index contributed by atoms with van der Waals surface area (Å²) in [5.74, 6) is 3.38. The minimum atomic E-state index is -0.759. The maximum absolute atomic E-state index is 13.7. The zero-order valence-corrected chi connectivity index (χ0v) is 35.8. The second-order valence-corrected chi connectivity index (χ2v) is 20.4. The average molecular weight is 803 g/mol. The normalized spacial score (nSPS) is 16.2. The van der Waals surface area contributed by atoms with Crippen LogP contribution >= 0.6 is 10.0 Å². The van der Waals surface area contributed by atoms with Crippen LogP contribution in [0.25, 0.3) is 33.3 Å². The van der Waals surface area contributed by atoms with Crippen molar-refractivity contribution >= 4 is 55.1 Å². The lowest BCUT2D eigenvalue weighted by atomic mass is 9.86. The van der Waals surface area contributed by atoms with Gasteiger partial charge in [-0.2, -0.15) is 5.26 Å². The molecule has 0 spiro atoms. The van der Waals surface area contributed by atoms with Gasteiger partial charge in [0.2, 0.25) is 11.8 Å². The van der Waals surface area contributed by atoms with Gasteiger partial charge in [0.05, 0.1) is 24.2 Å². The first-order valence-electron chi connectivity index (χ1n) is 20.5. The molecule has 58 heavy (non-hydrogen) atoms.